The van der Waals surface area contributed by atoms with Crippen LogP contribution in [0.15, 0.2) is 47.1 Å². The molecule has 0 spiro atoms. The Morgan fingerprint density at radius 2 is 1.46 bits per heavy atom. The molecule has 2 aromatic carbocycles. The molecule has 0 radical (unpaired) electrons. The van der Waals surface area contributed by atoms with Crippen LogP contribution in [0.4, 0.5) is 5.69 Å². The first kappa shape index (κ1) is 17.7. The van der Waals surface area contributed by atoms with Crippen molar-refractivity contribution in [1.82, 2.24) is 5.16 Å². The number of methoxy groups -OCH3 is 3. The number of aromatic nitrogens is 1. The molecule has 0 saturated heterocycles. The van der Waals surface area contributed by atoms with Crippen LogP contribution in [0, 0.1) is 0 Å². The van der Waals surface area contributed by atoms with Gasteiger partial charge in [-0.15, -0.1) is 0 Å². The highest BCUT2D eigenvalue weighted by Gasteiger charge is 2.19. The molecule has 3 rings (SSSR count). The van der Waals surface area contributed by atoms with Crippen LogP contribution >= 0.6 is 0 Å². The molecule has 6 nitrogen and oxygen atoms in total. The topological polar surface area (TPSA) is 57.0 Å². The van der Waals surface area contributed by atoms with Crippen molar-refractivity contribution in [3.63, 3.8) is 0 Å². The predicted molar refractivity (Wildman–Crippen MR) is 101 cm³/mol. The van der Waals surface area contributed by atoms with Crippen molar-refractivity contribution < 1.29 is 18.7 Å². The maximum Gasteiger partial charge on any atom is 0.203 e. The van der Waals surface area contributed by atoms with Gasteiger partial charge in [-0.05, 0) is 42.0 Å². The molecule has 0 aliphatic carbocycles. The minimum absolute atomic E-state index is 0.548. The molecule has 136 valence electrons. The molecule has 0 aliphatic rings. The Balaban J connectivity index is 2.08. The molecule has 3 aromatic rings. The van der Waals surface area contributed by atoms with Crippen LogP contribution in [0.25, 0.3) is 22.5 Å². The van der Waals surface area contributed by atoms with Crippen LogP contribution in [0.1, 0.15) is 0 Å². The predicted octanol–water partition coefficient (Wildman–Crippen LogP) is 4.10. The summed E-state index contributed by atoms with van der Waals surface area (Å²) in [6.07, 6.45) is 1.69. The van der Waals surface area contributed by atoms with E-state index in [0.717, 1.165) is 22.4 Å². The Hall–Kier alpha value is -3.15. The third kappa shape index (κ3) is 3.18. The summed E-state index contributed by atoms with van der Waals surface area (Å²) in [5, 5.41) is 3.99. The van der Waals surface area contributed by atoms with Gasteiger partial charge >= 0.3 is 0 Å². The van der Waals surface area contributed by atoms with Gasteiger partial charge in [0.1, 0.15) is 0 Å². The Kier molecular flexibility index (Phi) is 5.02. The van der Waals surface area contributed by atoms with Crippen LogP contribution < -0.4 is 19.1 Å². The number of ether oxygens (including phenoxy) is 3. The summed E-state index contributed by atoms with van der Waals surface area (Å²) in [6, 6.07) is 11.9. The van der Waals surface area contributed by atoms with Gasteiger partial charge in [-0.2, -0.15) is 0 Å². The number of nitrogens with zero attached hydrogens (tertiary/aromatic N) is 2. The van der Waals surface area contributed by atoms with E-state index in [4.69, 9.17) is 18.7 Å². The van der Waals surface area contributed by atoms with Crippen molar-refractivity contribution >= 4 is 5.69 Å². The van der Waals surface area contributed by atoms with E-state index in [-0.39, 0.29) is 0 Å². The van der Waals surface area contributed by atoms with Gasteiger partial charge in [0.2, 0.25) is 5.75 Å². The maximum atomic E-state index is 5.53. The molecule has 0 aliphatic heterocycles. The Morgan fingerprint density at radius 3 is 1.96 bits per heavy atom. The minimum Gasteiger partial charge on any atom is -0.493 e. The van der Waals surface area contributed by atoms with Gasteiger partial charge in [-0.3, -0.25) is 0 Å². The van der Waals surface area contributed by atoms with Crippen LogP contribution in [0.5, 0.6) is 17.2 Å². The minimum atomic E-state index is 0.548. The molecule has 26 heavy (non-hydrogen) atoms. The molecule has 0 atom stereocenters. The van der Waals surface area contributed by atoms with Gasteiger partial charge < -0.3 is 23.6 Å². The van der Waals surface area contributed by atoms with Crippen molar-refractivity contribution in [2.75, 3.05) is 40.3 Å². The van der Waals surface area contributed by atoms with Crippen molar-refractivity contribution in [3.8, 4) is 39.7 Å². The first-order valence-electron chi connectivity index (χ1n) is 8.11. The van der Waals surface area contributed by atoms with Crippen LogP contribution in [0.3, 0.4) is 0 Å². The Labute approximate surface area is 152 Å². The monoisotopic (exact) mass is 354 g/mol. The van der Waals surface area contributed by atoms with E-state index in [0.29, 0.717) is 23.0 Å². The molecule has 0 fully saturated rings. The third-order valence-corrected chi connectivity index (χ3v) is 4.19. The van der Waals surface area contributed by atoms with Gasteiger partial charge in [0.05, 0.1) is 27.5 Å². The van der Waals surface area contributed by atoms with Crippen molar-refractivity contribution in [2.24, 2.45) is 0 Å². The molecule has 1 aromatic heterocycles. The highest BCUT2D eigenvalue weighted by Crippen LogP contribution is 2.43. The smallest absolute Gasteiger partial charge is 0.203 e. The second-order valence-corrected chi connectivity index (χ2v) is 5.92. The van der Waals surface area contributed by atoms with Gasteiger partial charge in [0.25, 0.3) is 0 Å². The zero-order valence-electron chi connectivity index (χ0n) is 15.6. The van der Waals surface area contributed by atoms with E-state index in [1.165, 1.54) is 0 Å². The van der Waals surface area contributed by atoms with Crippen molar-refractivity contribution in [2.45, 2.75) is 0 Å². The summed E-state index contributed by atoms with van der Waals surface area (Å²) >= 11 is 0. The van der Waals surface area contributed by atoms with E-state index < -0.39 is 0 Å². The van der Waals surface area contributed by atoms with E-state index in [1.54, 1.807) is 27.5 Å². The van der Waals surface area contributed by atoms with Gasteiger partial charge in [0.15, 0.2) is 17.3 Å². The molecule has 0 amide bonds. The zero-order valence-corrected chi connectivity index (χ0v) is 15.6. The maximum absolute atomic E-state index is 5.53. The molecule has 0 saturated carbocycles. The Bertz CT molecular complexity index is 860. The third-order valence-electron chi connectivity index (χ3n) is 4.19. The first-order valence-corrected chi connectivity index (χ1v) is 8.11. The zero-order chi connectivity index (χ0) is 18.7. The summed E-state index contributed by atoms with van der Waals surface area (Å²) in [7, 11) is 8.78. The highest BCUT2D eigenvalue weighted by molar-refractivity contribution is 5.82. The summed E-state index contributed by atoms with van der Waals surface area (Å²) in [5.41, 5.74) is 3.77. The molecule has 6 heteroatoms. The fourth-order valence-electron chi connectivity index (χ4n) is 2.80. The van der Waals surface area contributed by atoms with Gasteiger partial charge in [-0.1, -0.05) is 5.16 Å². The van der Waals surface area contributed by atoms with Crippen molar-refractivity contribution in [3.05, 3.63) is 42.6 Å². The van der Waals surface area contributed by atoms with E-state index in [9.17, 15) is 0 Å². The number of hydrogen-bond donors (Lipinski definition) is 0. The second-order valence-electron chi connectivity index (χ2n) is 5.92. The fraction of sp³-hybridized carbons (Fsp3) is 0.250. The normalized spacial score (nSPS) is 10.5. The average Bonchev–Trinajstić information content (AvgIpc) is 3.16. The number of anilines is 1. The summed E-state index contributed by atoms with van der Waals surface area (Å²) in [5.74, 6) is 2.39. The molecule has 1 heterocycles. The molecule has 0 bridgehead atoms. The second kappa shape index (κ2) is 7.39. The lowest BCUT2D eigenvalue weighted by Gasteiger charge is -2.14. The molecular formula is C20H22N2O4. The lowest BCUT2D eigenvalue weighted by atomic mass is 10.0. The number of hydrogen-bond acceptors (Lipinski definition) is 6. The van der Waals surface area contributed by atoms with Crippen LogP contribution in [0.2, 0.25) is 0 Å². The standard InChI is InChI=1S/C20H22N2O4/c1-22(2)15-8-6-13(7-9-15)19-16(12-21-26-19)14-10-17(23-3)20(25-5)18(11-14)24-4/h6-12H,1-5H3. The summed E-state index contributed by atoms with van der Waals surface area (Å²) in [6.45, 7) is 0. The van der Waals surface area contributed by atoms with E-state index >= 15 is 0 Å². The molecular weight excluding hydrogens is 332 g/mol. The van der Waals surface area contributed by atoms with E-state index in [1.807, 2.05) is 55.4 Å². The van der Waals surface area contributed by atoms with Crippen molar-refractivity contribution in [1.29, 1.82) is 0 Å². The van der Waals surface area contributed by atoms with Gasteiger partial charge in [-0.25, -0.2) is 0 Å². The quantitative estimate of drug-likeness (QED) is 0.664. The largest absolute Gasteiger partial charge is 0.493 e. The van der Waals surface area contributed by atoms with Crippen LogP contribution in [-0.4, -0.2) is 40.6 Å². The summed E-state index contributed by atoms with van der Waals surface area (Å²) < 4.78 is 21.8. The summed E-state index contributed by atoms with van der Waals surface area (Å²) in [4.78, 5) is 2.05. The fourth-order valence-corrected chi connectivity index (χ4v) is 2.80. The molecule has 0 N–H and O–H groups in total. The average molecular weight is 354 g/mol. The SMILES string of the molecule is COc1cc(-c2cnoc2-c2ccc(N(C)C)cc2)cc(OC)c1OC. The van der Waals surface area contributed by atoms with E-state index in [2.05, 4.69) is 5.16 Å². The highest BCUT2D eigenvalue weighted by atomic mass is 16.5. The van der Waals surface area contributed by atoms with Crippen LogP contribution in [-0.2, 0) is 0 Å². The van der Waals surface area contributed by atoms with Gasteiger partial charge in [0, 0.05) is 30.9 Å². The molecule has 0 unspecified atom stereocenters. The number of rotatable bonds is 6. The lowest BCUT2D eigenvalue weighted by Crippen LogP contribution is -2.07. The Morgan fingerprint density at radius 1 is 0.846 bits per heavy atom. The first-order chi connectivity index (χ1) is 12.6. The number of benzene rings is 2. The lowest BCUT2D eigenvalue weighted by molar-refractivity contribution is 0.324.